The van der Waals surface area contributed by atoms with Gasteiger partial charge in [-0.15, -0.1) is 0 Å². The molecule has 0 fully saturated rings. The summed E-state index contributed by atoms with van der Waals surface area (Å²) < 4.78 is 0. The highest BCUT2D eigenvalue weighted by Crippen LogP contribution is 2.04. The number of rotatable bonds is 3. The third-order valence-corrected chi connectivity index (χ3v) is 1.51. The molecule has 0 bridgehead atoms. The third-order valence-electron chi connectivity index (χ3n) is 1.51. The van der Waals surface area contributed by atoms with Crippen LogP contribution in [0.3, 0.4) is 0 Å². The first-order valence-electron chi connectivity index (χ1n) is 3.55. The maximum atomic E-state index is 10.5. The van der Waals surface area contributed by atoms with Crippen LogP contribution in [0.4, 0.5) is 0 Å². The van der Waals surface area contributed by atoms with E-state index in [4.69, 9.17) is 10.5 Å². The number of carboxylic acids is 1. The second-order valence-corrected chi connectivity index (χ2v) is 2.41. The largest absolute Gasteiger partial charge is 0.478 e. The van der Waals surface area contributed by atoms with Gasteiger partial charge in [-0.25, -0.2) is 4.79 Å². The van der Waals surface area contributed by atoms with Crippen LogP contribution in [0.5, 0.6) is 0 Å². The van der Waals surface area contributed by atoms with Crippen LogP contribution in [-0.4, -0.2) is 17.3 Å². The van der Waals surface area contributed by atoms with Crippen molar-refractivity contribution in [1.82, 2.24) is 0 Å². The van der Waals surface area contributed by atoms with Gasteiger partial charge in [0.25, 0.3) is 0 Å². The van der Waals surface area contributed by atoms with Gasteiger partial charge in [-0.3, -0.25) is 0 Å². The third kappa shape index (κ3) is 1.92. The van der Waals surface area contributed by atoms with Gasteiger partial charge in [0, 0.05) is 6.42 Å². The van der Waals surface area contributed by atoms with Crippen LogP contribution in [0.2, 0.25) is 0 Å². The van der Waals surface area contributed by atoms with Crippen molar-refractivity contribution >= 4 is 12.2 Å². The van der Waals surface area contributed by atoms with E-state index in [-0.39, 0.29) is 5.56 Å². The Labute approximate surface area is 70.2 Å². The van der Waals surface area contributed by atoms with Crippen molar-refractivity contribution in [3.63, 3.8) is 0 Å². The predicted octanol–water partition coefficient (Wildman–Crippen LogP) is 1.58. The quantitative estimate of drug-likeness (QED) is 0.664. The molecule has 12 heavy (non-hydrogen) atoms. The van der Waals surface area contributed by atoms with Gasteiger partial charge in [-0.05, 0) is 23.9 Å². The van der Waals surface area contributed by atoms with E-state index >= 15 is 0 Å². The van der Waals surface area contributed by atoms with Crippen molar-refractivity contribution in [2.45, 2.75) is 6.42 Å². The molecule has 0 aliphatic heterocycles. The van der Waals surface area contributed by atoms with Crippen molar-refractivity contribution in [2.75, 3.05) is 0 Å². The fourth-order valence-corrected chi connectivity index (χ4v) is 0.949. The highest BCUT2D eigenvalue weighted by Gasteiger charge is 2.01. The zero-order valence-electron chi connectivity index (χ0n) is 6.45. The van der Waals surface area contributed by atoms with Crippen LogP contribution in [-0.2, 0) is 6.42 Å². The molecular weight excluding hydrogens is 154 g/mol. The van der Waals surface area contributed by atoms with Gasteiger partial charge in [0.15, 0.2) is 0 Å². The summed E-state index contributed by atoms with van der Waals surface area (Å²) in [5, 5.41) is 15.5. The zero-order chi connectivity index (χ0) is 8.97. The molecule has 1 aromatic rings. The van der Waals surface area contributed by atoms with Gasteiger partial charge in [0.05, 0.1) is 5.56 Å². The Morgan fingerprint density at radius 3 is 2.92 bits per heavy atom. The maximum absolute atomic E-state index is 10.5. The SMILES string of the molecule is N=CCc1cccc(C(=O)O)c1. The molecule has 0 saturated heterocycles. The van der Waals surface area contributed by atoms with Gasteiger partial charge in [0.1, 0.15) is 0 Å². The minimum Gasteiger partial charge on any atom is -0.478 e. The Morgan fingerprint density at radius 1 is 1.58 bits per heavy atom. The van der Waals surface area contributed by atoms with E-state index in [9.17, 15) is 4.79 Å². The van der Waals surface area contributed by atoms with Crippen LogP contribution < -0.4 is 0 Å². The Balaban J connectivity index is 2.95. The van der Waals surface area contributed by atoms with Crippen LogP contribution in [0.1, 0.15) is 15.9 Å². The van der Waals surface area contributed by atoms with Gasteiger partial charge in [-0.1, -0.05) is 12.1 Å². The molecule has 1 rings (SSSR count). The molecular formula is C9H9NO2. The standard InChI is InChI=1S/C9H9NO2/c10-5-4-7-2-1-3-8(6-7)9(11)12/h1-3,5-6,10H,4H2,(H,11,12). The Kier molecular flexibility index (Phi) is 2.58. The lowest BCUT2D eigenvalue weighted by Gasteiger charge is -1.97. The van der Waals surface area contributed by atoms with E-state index in [1.165, 1.54) is 12.3 Å². The van der Waals surface area contributed by atoms with Crippen LogP contribution >= 0.6 is 0 Å². The lowest BCUT2D eigenvalue weighted by Crippen LogP contribution is -1.97. The molecule has 0 unspecified atom stereocenters. The summed E-state index contributed by atoms with van der Waals surface area (Å²) in [4.78, 5) is 10.5. The van der Waals surface area contributed by atoms with E-state index in [0.717, 1.165) is 5.56 Å². The van der Waals surface area contributed by atoms with Crippen molar-refractivity contribution in [3.8, 4) is 0 Å². The van der Waals surface area contributed by atoms with E-state index in [0.29, 0.717) is 6.42 Å². The first kappa shape index (κ1) is 8.46. The smallest absolute Gasteiger partial charge is 0.335 e. The van der Waals surface area contributed by atoms with E-state index < -0.39 is 5.97 Å². The average Bonchev–Trinajstić information content (AvgIpc) is 2.05. The number of carbonyl (C=O) groups is 1. The fraction of sp³-hybridized carbons (Fsp3) is 0.111. The highest BCUT2D eigenvalue weighted by molar-refractivity contribution is 5.87. The molecule has 3 nitrogen and oxygen atoms in total. The second kappa shape index (κ2) is 3.67. The number of nitrogens with one attached hydrogen (secondary N) is 1. The molecule has 0 amide bonds. The summed E-state index contributed by atoms with van der Waals surface area (Å²) in [6, 6.07) is 6.60. The summed E-state index contributed by atoms with van der Waals surface area (Å²) in [6.07, 6.45) is 1.74. The monoisotopic (exact) mass is 163 g/mol. The fourth-order valence-electron chi connectivity index (χ4n) is 0.949. The normalized spacial score (nSPS) is 9.33. The number of hydrogen-bond donors (Lipinski definition) is 2. The highest BCUT2D eigenvalue weighted by atomic mass is 16.4. The summed E-state index contributed by atoms with van der Waals surface area (Å²) in [5.74, 6) is -0.929. The molecule has 1 aromatic carbocycles. The average molecular weight is 163 g/mol. The number of benzene rings is 1. The summed E-state index contributed by atoms with van der Waals surface area (Å²) in [7, 11) is 0. The Bertz CT molecular complexity index is 307. The topological polar surface area (TPSA) is 61.2 Å². The molecule has 2 N–H and O–H groups in total. The molecule has 62 valence electrons. The number of carboxylic acid groups (broad SMARTS) is 1. The van der Waals surface area contributed by atoms with E-state index in [1.54, 1.807) is 18.2 Å². The molecule has 0 aliphatic carbocycles. The van der Waals surface area contributed by atoms with Gasteiger partial charge >= 0.3 is 5.97 Å². The molecule has 0 saturated carbocycles. The summed E-state index contributed by atoms with van der Waals surface area (Å²) in [5.41, 5.74) is 1.12. The summed E-state index contributed by atoms with van der Waals surface area (Å²) in [6.45, 7) is 0. The molecule has 0 spiro atoms. The predicted molar refractivity (Wildman–Crippen MR) is 45.9 cm³/mol. The van der Waals surface area contributed by atoms with Crippen molar-refractivity contribution < 1.29 is 9.90 Å². The lowest BCUT2D eigenvalue weighted by atomic mass is 10.1. The van der Waals surface area contributed by atoms with Crippen molar-refractivity contribution in [1.29, 1.82) is 5.41 Å². The van der Waals surface area contributed by atoms with Crippen molar-refractivity contribution in [3.05, 3.63) is 35.4 Å². The molecule has 0 aliphatic rings. The Hall–Kier alpha value is -1.64. The molecule has 0 radical (unpaired) electrons. The maximum Gasteiger partial charge on any atom is 0.335 e. The number of hydrogen-bond acceptors (Lipinski definition) is 2. The van der Waals surface area contributed by atoms with Gasteiger partial charge < -0.3 is 10.5 Å². The molecule has 0 atom stereocenters. The first-order valence-corrected chi connectivity index (χ1v) is 3.55. The second-order valence-electron chi connectivity index (χ2n) is 2.41. The van der Waals surface area contributed by atoms with Crippen LogP contribution in [0.15, 0.2) is 24.3 Å². The lowest BCUT2D eigenvalue weighted by molar-refractivity contribution is 0.0697. The van der Waals surface area contributed by atoms with Crippen LogP contribution in [0.25, 0.3) is 0 Å². The van der Waals surface area contributed by atoms with E-state index in [1.807, 2.05) is 0 Å². The molecule has 3 heteroatoms. The molecule has 0 heterocycles. The Morgan fingerprint density at radius 2 is 2.33 bits per heavy atom. The van der Waals surface area contributed by atoms with Gasteiger partial charge in [-0.2, -0.15) is 0 Å². The zero-order valence-corrected chi connectivity index (χ0v) is 6.45. The minimum absolute atomic E-state index is 0.273. The van der Waals surface area contributed by atoms with Crippen LogP contribution in [0, 0.1) is 5.41 Å². The number of aromatic carboxylic acids is 1. The first-order chi connectivity index (χ1) is 5.74. The minimum atomic E-state index is -0.929. The summed E-state index contributed by atoms with van der Waals surface area (Å²) >= 11 is 0. The van der Waals surface area contributed by atoms with Gasteiger partial charge in [0.2, 0.25) is 0 Å². The van der Waals surface area contributed by atoms with E-state index in [2.05, 4.69) is 0 Å². The van der Waals surface area contributed by atoms with Crippen molar-refractivity contribution in [2.24, 2.45) is 0 Å². The molecule has 0 aromatic heterocycles.